The lowest BCUT2D eigenvalue weighted by molar-refractivity contribution is 0.0724. The number of piperidine rings is 1. The van der Waals surface area contributed by atoms with Gasteiger partial charge in [0, 0.05) is 19.3 Å². The number of aromatic nitrogens is 1. The maximum absolute atomic E-state index is 12.7. The summed E-state index contributed by atoms with van der Waals surface area (Å²) in [6, 6.07) is 9.74. The number of hydrogen-bond donors (Lipinski definition) is 1. The summed E-state index contributed by atoms with van der Waals surface area (Å²) in [6.45, 7) is 5.90. The van der Waals surface area contributed by atoms with Crippen LogP contribution in [0.4, 0.5) is 5.82 Å². The van der Waals surface area contributed by atoms with Crippen LogP contribution in [-0.4, -0.2) is 36.0 Å². The molecule has 1 aromatic carbocycles. The second-order valence-electron chi connectivity index (χ2n) is 7.55. The number of benzene rings is 1. The highest BCUT2D eigenvalue weighted by molar-refractivity contribution is 6.33. The van der Waals surface area contributed by atoms with Crippen LogP contribution in [0.2, 0.25) is 5.02 Å². The molecule has 1 unspecified atom stereocenters. The molecule has 2 heterocycles. The van der Waals surface area contributed by atoms with E-state index in [0.717, 1.165) is 37.2 Å². The summed E-state index contributed by atoms with van der Waals surface area (Å²) in [5, 5.41) is 3.90. The molecule has 28 heavy (non-hydrogen) atoms. The normalized spacial score (nSPS) is 15.4. The molecule has 3 rings (SSSR count). The van der Waals surface area contributed by atoms with Crippen LogP contribution in [0.25, 0.3) is 0 Å². The average molecular weight is 402 g/mol. The van der Waals surface area contributed by atoms with Crippen molar-refractivity contribution in [2.24, 2.45) is 5.92 Å². The number of ether oxygens (including phenoxy) is 1. The number of hydrogen-bond acceptors (Lipinski definition) is 4. The Morgan fingerprint density at radius 3 is 2.43 bits per heavy atom. The van der Waals surface area contributed by atoms with E-state index in [1.54, 1.807) is 19.4 Å². The Morgan fingerprint density at radius 1 is 1.18 bits per heavy atom. The predicted molar refractivity (Wildman–Crippen MR) is 113 cm³/mol. The molecule has 1 aliphatic rings. The zero-order valence-corrected chi connectivity index (χ0v) is 17.5. The molecule has 150 valence electrons. The van der Waals surface area contributed by atoms with Crippen molar-refractivity contribution in [3.8, 4) is 5.75 Å². The van der Waals surface area contributed by atoms with Crippen LogP contribution in [0.3, 0.4) is 0 Å². The molecule has 0 saturated carbocycles. The summed E-state index contributed by atoms with van der Waals surface area (Å²) in [6.07, 6.45) is 4.93. The maximum Gasteiger partial charge on any atom is 0.255 e. The number of amides is 1. The van der Waals surface area contributed by atoms with E-state index in [2.05, 4.69) is 24.1 Å². The Labute approximate surface area is 172 Å². The van der Waals surface area contributed by atoms with Gasteiger partial charge in [-0.25, -0.2) is 4.98 Å². The third-order valence-electron chi connectivity index (χ3n) is 5.17. The monoisotopic (exact) mass is 401 g/mol. The van der Waals surface area contributed by atoms with Crippen molar-refractivity contribution in [3.05, 3.63) is 52.7 Å². The summed E-state index contributed by atoms with van der Waals surface area (Å²) in [5.74, 6) is 1.74. The topological polar surface area (TPSA) is 54.5 Å². The highest BCUT2D eigenvalue weighted by Crippen LogP contribution is 2.30. The fraction of sp³-hybridized carbons (Fsp3) is 0.455. The Balaban J connectivity index is 1.77. The number of nitrogens with zero attached hydrogens (tertiary/aromatic N) is 2. The van der Waals surface area contributed by atoms with E-state index in [-0.39, 0.29) is 11.9 Å². The van der Waals surface area contributed by atoms with E-state index < -0.39 is 0 Å². The standard InChI is InChI=1S/C22H28ClN3O2/c1-15(2)20(16-7-9-18(28-3)10-8-16)25-21-19(23)13-17(14-24-21)22(27)26-11-5-4-6-12-26/h7-10,13-15,20H,4-6,11-12H2,1-3H3,(H,24,25). The van der Waals surface area contributed by atoms with Gasteiger partial charge in [-0.2, -0.15) is 0 Å². The van der Waals surface area contributed by atoms with E-state index in [0.29, 0.717) is 22.3 Å². The van der Waals surface area contributed by atoms with Gasteiger partial charge in [0.2, 0.25) is 0 Å². The number of carbonyl (C=O) groups is 1. The number of likely N-dealkylation sites (tertiary alicyclic amines) is 1. The van der Waals surface area contributed by atoms with E-state index in [9.17, 15) is 4.79 Å². The highest BCUT2D eigenvalue weighted by atomic mass is 35.5. The van der Waals surface area contributed by atoms with Crippen LogP contribution in [-0.2, 0) is 0 Å². The molecule has 6 heteroatoms. The molecule has 0 radical (unpaired) electrons. The van der Waals surface area contributed by atoms with Crippen molar-refractivity contribution in [2.45, 2.75) is 39.2 Å². The largest absolute Gasteiger partial charge is 0.497 e. The number of nitrogens with one attached hydrogen (secondary N) is 1. The Kier molecular flexibility index (Phi) is 6.79. The minimum absolute atomic E-state index is 0.0104. The molecule has 1 amide bonds. The first-order valence-corrected chi connectivity index (χ1v) is 10.2. The molecular weight excluding hydrogens is 374 g/mol. The van der Waals surface area contributed by atoms with Gasteiger partial charge < -0.3 is 15.0 Å². The first-order valence-electron chi connectivity index (χ1n) is 9.85. The van der Waals surface area contributed by atoms with Crippen molar-refractivity contribution in [1.29, 1.82) is 0 Å². The van der Waals surface area contributed by atoms with E-state index >= 15 is 0 Å². The number of halogens is 1. The summed E-state index contributed by atoms with van der Waals surface area (Å²) < 4.78 is 5.24. The number of rotatable bonds is 6. The predicted octanol–water partition coefficient (Wildman–Crippen LogP) is 5.18. The molecule has 2 aromatic rings. The van der Waals surface area contributed by atoms with Crippen molar-refractivity contribution in [3.63, 3.8) is 0 Å². The molecule has 5 nitrogen and oxygen atoms in total. The first kappa shape index (κ1) is 20.5. The van der Waals surface area contributed by atoms with Gasteiger partial charge in [0.05, 0.1) is 23.7 Å². The summed E-state index contributed by atoms with van der Waals surface area (Å²) >= 11 is 6.48. The van der Waals surface area contributed by atoms with Gasteiger partial charge in [0.15, 0.2) is 0 Å². The quantitative estimate of drug-likeness (QED) is 0.724. The summed E-state index contributed by atoms with van der Waals surface area (Å²) in [4.78, 5) is 19.0. The van der Waals surface area contributed by atoms with Crippen LogP contribution >= 0.6 is 11.6 Å². The molecular formula is C22H28ClN3O2. The van der Waals surface area contributed by atoms with Gasteiger partial charge in [0.25, 0.3) is 5.91 Å². The lowest BCUT2D eigenvalue weighted by atomic mass is 9.96. The molecule has 1 N–H and O–H groups in total. The lowest BCUT2D eigenvalue weighted by Gasteiger charge is -2.27. The Hall–Kier alpha value is -2.27. The van der Waals surface area contributed by atoms with Gasteiger partial charge in [0.1, 0.15) is 11.6 Å². The van der Waals surface area contributed by atoms with Crippen LogP contribution < -0.4 is 10.1 Å². The van der Waals surface area contributed by atoms with Crippen molar-refractivity contribution < 1.29 is 9.53 Å². The van der Waals surface area contributed by atoms with Crippen molar-refractivity contribution >= 4 is 23.3 Å². The van der Waals surface area contributed by atoms with Gasteiger partial charge in [-0.1, -0.05) is 37.6 Å². The molecule has 1 aromatic heterocycles. The fourth-order valence-corrected chi connectivity index (χ4v) is 3.75. The van der Waals surface area contributed by atoms with E-state index in [1.165, 1.54) is 6.42 Å². The van der Waals surface area contributed by atoms with Crippen LogP contribution in [0.15, 0.2) is 36.5 Å². The zero-order chi connectivity index (χ0) is 20.1. The maximum atomic E-state index is 12.7. The molecule has 0 aliphatic carbocycles. The van der Waals surface area contributed by atoms with Gasteiger partial charge in [-0.15, -0.1) is 0 Å². The molecule has 0 spiro atoms. The second kappa shape index (κ2) is 9.28. The van der Waals surface area contributed by atoms with Crippen LogP contribution in [0.5, 0.6) is 5.75 Å². The second-order valence-corrected chi connectivity index (χ2v) is 7.95. The number of methoxy groups -OCH3 is 1. The van der Waals surface area contributed by atoms with Gasteiger partial charge in [-0.3, -0.25) is 4.79 Å². The Morgan fingerprint density at radius 2 is 1.86 bits per heavy atom. The third kappa shape index (κ3) is 4.76. The zero-order valence-electron chi connectivity index (χ0n) is 16.7. The van der Waals surface area contributed by atoms with Gasteiger partial charge in [-0.05, 0) is 48.9 Å². The molecule has 1 saturated heterocycles. The Bertz CT molecular complexity index is 802. The fourth-order valence-electron chi connectivity index (χ4n) is 3.53. The smallest absolute Gasteiger partial charge is 0.255 e. The van der Waals surface area contributed by atoms with E-state index in [4.69, 9.17) is 16.3 Å². The van der Waals surface area contributed by atoms with E-state index in [1.807, 2.05) is 29.2 Å². The summed E-state index contributed by atoms with van der Waals surface area (Å²) in [7, 11) is 1.66. The number of anilines is 1. The molecule has 1 aliphatic heterocycles. The molecule has 0 bridgehead atoms. The van der Waals surface area contributed by atoms with Crippen molar-refractivity contribution in [1.82, 2.24) is 9.88 Å². The van der Waals surface area contributed by atoms with Crippen LogP contribution in [0, 0.1) is 5.92 Å². The first-order chi connectivity index (χ1) is 13.5. The third-order valence-corrected chi connectivity index (χ3v) is 5.45. The minimum Gasteiger partial charge on any atom is -0.497 e. The highest BCUT2D eigenvalue weighted by Gasteiger charge is 2.21. The van der Waals surface area contributed by atoms with Crippen molar-refractivity contribution in [2.75, 3.05) is 25.5 Å². The number of carbonyl (C=O) groups excluding carboxylic acids is 1. The molecule has 1 atom stereocenters. The SMILES string of the molecule is COc1ccc(C(Nc2ncc(C(=O)N3CCCCC3)cc2Cl)C(C)C)cc1. The summed E-state index contributed by atoms with van der Waals surface area (Å²) in [5.41, 5.74) is 1.67. The average Bonchev–Trinajstić information content (AvgIpc) is 2.73. The lowest BCUT2D eigenvalue weighted by Crippen LogP contribution is -2.35. The minimum atomic E-state index is 0.0104. The number of pyridine rings is 1. The van der Waals surface area contributed by atoms with Crippen LogP contribution in [0.1, 0.15) is 55.1 Å². The molecule has 1 fully saturated rings. The van der Waals surface area contributed by atoms with Gasteiger partial charge >= 0.3 is 0 Å².